The van der Waals surface area contributed by atoms with Crippen molar-refractivity contribution < 1.29 is 18.7 Å². The summed E-state index contributed by atoms with van der Waals surface area (Å²) in [6.45, 7) is 1.70. The van der Waals surface area contributed by atoms with E-state index in [1.165, 1.54) is 31.7 Å². The molecule has 0 atom stereocenters. The number of hydrogen-bond donors (Lipinski definition) is 1. The van der Waals surface area contributed by atoms with E-state index in [1.54, 1.807) is 6.07 Å². The van der Waals surface area contributed by atoms with Crippen molar-refractivity contribution in [1.29, 1.82) is 0 Å². The molecule has 3 rings (SSSR count). The highest BCUT2D eigenvalue weighted by Gasteiger charge is 2.17. The number of thiocarbonyl (C=S) groups is 1. The van der Waals surface area contributed by atoms with Gasteiger partial charge in [-0.3, -0.25) is 4.79 Å². The van der Waals surface area contributed by atoms with Crippen LogP contribution in [0, 0.1) is 5.82 Å². The standard InChI is InChI=1S/C21H22ClFN2O3S/c1-27-19-11-14(21(29)25-9-3-2-4-10-25)5-8-18(19)28-13-20(26)24-15-6-7-17(23)16(22)12-15/h5-8,11-12H,2-4,9-10,13H2,1H3,(H,24,26). The minimum Gasteiger partial charge on any atom is -0.493 e. The van der Waals surface area contributed by atoms with Crippen LogP contribution < -0.4 is 14.8 Å². The van der Waals surface area contributed by atoms with E-state index in [-0.39, 0.29) is 11.6 Å². The highest BCUT2D eigenvalue weighted by atomic mass is 35.5. The smallest absolute Gasteiger partial charge is 0.262 e. The number of halogens is 2. The highest BCUT2D eigenvalue weighted by molar-refractivity contribution is 7.80. The molecular weight excluding hydrogens is 415 g/mol. The zero-order valence-corrected chi connectivity index (χ0v) is 17.6. The SMILES string of the molecule is COc1cc(C(=S)N2CCCCC2)ccc1OCC(=O)Nc1ccc(F)c(Cl)c1. The lowest BCUT2D eigenvalue weighted by Gasteiger charge is -2.29. The van der Waals surface area contributed by atoms with Gasteiger partial charge in [0, 0.05) is 24.3 Å². The van der Waals surface area contributed by atoms with Gasteiger partial charge < -0.3 is 19.7 Å². The van der Waals surface area contributed by atoms with Crippen molar-refractivity contribution in [3.05, 3.63) is 52.8 Å². The maximum Gasteiger partial charge on any atom is 0.262 e. The molecule has 1 amide bonds. The molecule has 2 aromatic rings. The number of nitrogens with one attached hydrogen (secondary N) is 1. The van der Waals surface area contributed by atoms with Gasteiger partial charge in [0.1, 0.15) is 10.8 Å². The average molecular weight is 437 g/mol. The van der Waals surface area contributed by atoms with Crippen LogP contribution in [0.1, 0.15) is 24.8 Å². The molecule has 1 heterocycles. The predicted octanol–water partition coefficient (Wildman–Crippen LogP) is 4.67. The van der Waals surface area contributed by atoms with Crippen molar-refractivity contribution in [2.45, 2.75) is 19.3 Å². The van der Waals surface area contributed by atoms with Gasteiger partial charge in [0.05, 0.1) is 12.1 Å². The Morgan fingerprint density at radius 2 is 1.93 bits per heavy atom. The molecule has 0 unspecified atom stereocenters. The molecule has 1 aliphatic heterocycles. The van der Waals surface area contributed by atoms with Crippen LogP contribution in [0.3, 0.4) is 0 Å². The topological polar surface area (TPSA) is 50.8 Å². The predicted molar refractivity (Wildman–Crippen MR) is 116 cm³/mol. The van der Waals surface area contributed by atoms with Crippen molar-refractivity contribution in [2.24, 2.45) is 0 Å². The van der Waals surface area contributed by atoms with Gasteiger partial charge in [0.25, 0.3) is 5.91 Å². The van der Waals surface area contributed by atoms with Crippen LogP contribution in [0.2, 0.25) is 5.02 Å². The first-order chi connectivity index (χ1) is 14.0. The minimum atomic E-state index is -0.548. The summed E-state index contributed by atoms with van der Waals surface area (Å²) in [6.07, 6.45) is 3.53. The minimum absolute atomic E-state index is 0.0642. The van der Waals surface area contributed by atoms with Gasteiger partial charge in [-0.15, -0.1) is 0 Å². The molecule has 0 aromatic heterocycles. The maximum atomic E-state index is 13.2. The van der Waals surface area contributed by atoms with Gasteiger partial charge in [-0.1, -0.05) is 23.8 Å². The number of likely N-dealkylation sites (tertiary alicyclic amines) is 1. The molecule has 8 heteroatoms. The van der Waals surface area contributed by atoms with Gasteiger partial charge in [-0.25, -0.2) is 4.39 Å². The zero-order valence-electron chi connectivity index (χ0n) is 16.0. The Morgan fingerprint density at radius 1 is 1.17 bits per heavy atom. The number of hydrogen-bond acceptors (Lipinski definition) is 4. The number of rotatable bonds is 6. The van der Waals surface area contributed by atoms with Gasteiger partial charge in [0.15, 0.2) is 18.1 Å². The van der Waals surface area contributed by atoms with Crippen LogP contribution in [0.15, 0.2) is 36.4 Å². The first kappa shape index (κ1) is 21.3. The Labute approximate surface area is 179 Å². The third kappa shape index (κ3) is 5.58. The highest BCUT2D eigenvalue weighted by Crippen LogP contribution is 2.29. The van der Waals surface area contributed by atoms with E-state index in [1.807, 2.05) is 12.1 Å². The third-order valence-electron chi connectivity index (χ3n) is 4.62. The fourth-order valence-electron chi connectivity index (χ4n) is 3.11. The van der Waals surface area contributed by atoms with Gasteiger partial charge >= 0.3 is 0 Å². The number of piperidine rings is 1. The van der Waals surface area contributed by atoms with E-state index < -0.39 is 11.7 Å². The van der Waals surface area contributed by atoms with Gasteiger partial charge in [0.2, 0.25) is 0 Å². The normalized spacial score (nSPS) is 13.7. The van der Waals surface area contributed by atoms with Crippen molar-refractivity contribution in [3.63, 3.8) is 0 Å². The Kier molecular flexibility index (Phi) is 7.28. The van der Waals surface area contributed by atoms with E-state index >= 15 is 0 Å². The van der Waals surface area contributed by atoms with Crippen molar-refractivity contribution in [3.8, 4) is 11.5 Å². The van der Waals surface area contributed by atoms with Gasteiger partial charge in [-0.05, 0) is 55.7 Å². The lowest BCUT2D eigenvalue weighted by molar-refractivity contribution is -0.118. The molecule has 0 saturated carbocycles. The second kappa shape index (κ2) is 9.89. The first-order valence-corrected chi connectivity index (χ1v) is 10.1. The molecule has 1 saturated heterocycles. The third-order valence-corrected chi connectivity index (χ3v) is 5.40. The number of carbonyl (C=O) groups is 1. The lowest BCUT2D eigenvalue weighted by atomic mass is 10.1. The molecule has 1 aliphatic rings. The molecule has 5 nitrogen and oxygen atoms in total. The summed E-state index contributed by atoms with van der Waals surface area (Å²) in [5.41, 5.74) is 1.27. The molecular formula is C21H22ClFN2O3S. The Bertz CT molecular complexity index is 903. The summed E-state index contributed by atoms with van der Waals surface area (Å²) < 4.78 is 24.2. The van der Waals surface area contributed by atoms with Crippen LogP contribution in [0.4, 0.5) is 10.1 Å². The van der Waals surface area contributed by atoms with Crippen LogP contribution in [0.5, 0.6) is 11.5 Å². The largest absolute Gasteiger partial charge is 0.493 e. The summed E-state index contributed by atoms with van der Waals surface area (Å²) in [5, 5.41) is 2.54. The molecule has 0 radical (unpaired) electrons. The summed E-state index contributed by atoms with van der Waals surface area (Å²) in [4.78, 5) is 15.1. The molecule has 1 fully saturated rings. The van der Waals surface area contributed by atoms with Crippen LogP contribution in [-0.2, 0) is 4.79 Å². The lowest BCUT2D eigenvalue weighted by Crippen LogP contribution is -2.34. The summed E-state index contributed by atoms with van der Waals surface area (Å²) in [5.74, 6) is -0.0136. The molecule has 154 valence electrons. The number of anilines is 1. The second-order valence-corrected chi connectivity index (χ2v) is 7.48. The van der Waals surface area contributed by atoms with Gasteiger partial charge in [-0.2, -0.15) is 0 Å². The Morgan fingerprint density at radius 3 is 2.62 bits per heavy atom. The number of amides is 1. The monoisotopic (exact) mass is 436 g/mol. The van der Waals surface area contributed by atoms with E-state index in [9.17, 15) is 9.18 Å². The van der Waals surface area contributed by atoms with Crippen LogP contribution in [0.25, 0.3) is 0 Å². The van der Waals surface area contributed by atoms with E-state index in [0.29, 0.717) is 17.2 Å². The van der Waals surface area contributed by atoms with Crippen molar-refractivity contribution in [2.75, 3.05) is 32.1 Å². The second-order valence-electron chi connectivity index (χ2n) is 6.68. The quantitative estimate of drug-likeness (QED) is 0.667. The first-order valence-electron chi connectivity index (χ1n) is 9.33. The number of carbonyl (C=O) groups excluding carboxylic acids is 1. The molecule has 0 spiro atoms. The molecule has 0 bridgehead atoms. The number of benzene rings is 2. The Balaban J connectivity index is 1.62. The molecule has 1 N–H and O–H groups in total. The number of nitrogens with zero attached hydrogens (tertiary/aromatic N) is 1. The van der Waals surface area contributed by atoms with E-state index in [0.717, 1.165) is 36.5 Å². The van der Waals surface area contributed by atoms with E-state index in [4.69, 9.17) is 33.3 Å². The van der Waals surface area contributed by atoms with Crippen LogP contribution in [-0.4, -0.2) is 42.6 Å². The molecule has 0 aliphatic carbocycles. The molecule has 2 aromatic carbocycles. The summed E-state index contributed by atoms with van der Waals surface area (Å²) in [6, 6.07) is 9.39. The average Bonchev–Trinajstić information content (AvgIpc) is 2.75. The van der Waals surface area contributed by atoms with E-state index in [2.05, 4.69) is 10.2 Å². The summed E-state index contributed by atoms with van der Waals surface area (Å²) in [7, 11) is 1.54. The van der Waals surface area contributed by atoms with Crippen LogP contribution >= 0.6 is 23.8 Å². The van der Waals surface area contributed by atoms with Crippen molar-refractivity contribution in [1.82, 2.24) is 4.90 Å². The number of methoxy groups -OCH3 is 1. The number of ether oxygens (including phenoxy) is 2. The zero-order chi connectivity index (χ0) is 20.8. The maximum absolute atomic E-state index is 13.2. The van der Waals surface area contributed by atoms with Crippen molar-refractivity contribution >= 4 is 40.4 Å². The summed E-state index contributed by atoms with van der Waals surface area (Å²) >= 11 is 11.3. The Hall–Kier alpha value is -2.38. The fraction of sp³-hybridized carbons (Fsp3) is 0.333. The molecule has 29 heavy (non-hydrogen) atoms. The fourth-order valence-corrected chi connectivity index (χ4v) is 3.60.